The molecule has 170 valence electrons. The van der Waals surface area contributed by atoms with Crippen molar-refractivity contribution in [3.63, 3.8) is 0 Å². The summed E-state index contributed by atoms with van der Waals surface area (Å²) in [6, 6.07) is 6.51. The Labute approximate surface area is 185 Å². The highest BCUT2D eigenvalue weighted by atomic mass is 32.2. The van der Waals surface area contributed by atoms with Crippen molar-refractivity contribution in [1.82, 2.24) is 19.2 Å². The van der Waals surface area contributed by atoms with Gasteiger partial charge < -0.3 is 15.1 Å². The Morgan fingerprint density at radius 3 is 2.48 bits per heavy atom. The highest BCUT2D eigenvalue weighted by molar-refractivity contribution is 7.88. The van der Waals surface area contributed by atoms with Crippen LogP contribution in [0.5, 0.6) is 0 Å². The molecule has 0 radical (unpaired) electrons. The quantitative estimate of drug-likeness (QED) is 0.772. The van der Waals surface area contributed by atoms with Crippen LogP contribution in [-0.4, -0.2) is 86.2 Å². The molecule has 1 N–H and O–H groups in total. The fourth-order valence-corrected chi connectivity index (χ4v) is 5.43. The van der Waals surface area contributed by atoms with Crippen LogP contribution in [0.25, 0.3) is 10.9 Å². The van der Waals surface area contributed by atoms with Crippen LogP contribution < -0.4 is 10.2 Å². The van der Waals surface area contributed by atoms with Crippen LogP contribution in [0, 0.1) is 0 Å². The normalized spacial score (nSPS) is 20.9. The molecule has 0 amide bonds. The van der Waals surface area contributed by atoms with Gasteiger partial charge in [-0.1, -0.05) is 12.1 Å². The van der Waals surface area contributed by atoms with E-state index in [1.165, 1.54) is 24.8 Å². The number of benzene rings is 1. The van der Waals surface area contributed by atoms with Crippen LogP contribution in [0.4, 0.5) is 11.6 Å². The molecular formula is C22H34N6O2S. The monoisotopic (exact) mass is 446 g/mol. The fourth-order valence-electron chi connectivity index (χ4n) is 4.56. The molecule has 0 saturated carbocycles. The molecule has 2 aromatic rings. The molecule has 31 heavy (non-hydrogen) atoms. The van der Waals surface area contributed by atoms with Gasteiger partial charge in [0.25, 0.3) is 0 Å². The van der Waals surface area contributed by atoms with Crippen molar-refractivity contribution < 1.29 is 8.42 Å². The van der Waals surface area contributed by atoms with Crippen LogP contribution in [0.2, 0.25) is 0 Å². The van der Waals surface area contributed by atoms with Crippen LogP contribution in [0.15, 0.2) is 24.4 Å². The molecule has 2 aliphatic rings. The summed E-state index contributed by atoms with van der Waals surface area (Å²) in [7, 11) is -0.907. The summed E-state index contributed by atoms with van der Waals surface area (Å²) < 4.78 is 25.0. The van der Waals surface area contributed by atoms with Crippen LogP contribution in [0.1, 0.15) is 32.1 Å². The number of piperidine rings is 1. The zero-order chi connectivity index (χ0) is 21.8. The second kappa shape index (κ2) is 9.67. The average Bonchev–Trinajstić information content (AvgIpc) is 2.85. The zero-order valence-corrected chi connectivity index (χ0v) is 19.4. The number of sulfonamides is 1. The standard InChI is InChI=1S/C22H34N6O2S/c1-26-11-3-4-13-27(14-6-12-26)20-8-5-7-18-17-23-22(25-21(18)20)24-19-9-15-28(16-10-19)31(2,29)30/h5,7-8,17,19H,3-4,6,9-16H2,1-2H3,(H,23,24,25). The van der Waals surface area contributed by atoms with E-state index in [2.05, 4.69) is 45.3 Å². The number of hydrogen-bond acceptors (Lipinski definition) is 7. The predicted octanol–water partition coefficient (Wildman–Crippen LogP) is 2.39. The Hall–Kier alpha value is -1.97. The minimum absolute atomic E-state index is 0.184. The predicted molar refractivity (Wildman–Crippen MR) is 126 cm³/mol. The van der Waals surface area contributed by atoms with E-state index in [1.807, 2.05) is 6.20 Å². The van der Waals surface area contributed by atoms with Gasteiger partial charge in [-0.3, -0.25) is 0 Å². The molecule has 4 rings (SSSR count). The van der Waals surface area contributed by atoms with Crippen LogP contribution >= 0.6 is 0 Å². The molecule has 2 fully saturated rings. The third-order valence-corrected chi connectivity index (χ3v) is 7.68. The van der Waals surface area contributed by atoms with Crippen molar-refractivity contribution >= 4 is 32.6 Å². The molecule has 0 unspecified atom stereocenters. The second-order valence-corrected chi connectivity index (χ2v) is 10.8. The lowest BCUT2D eigenvalue weighted by atomic mass is 10.1. The molecule has 8 nitrogen and oxygen atoms in total. The van der Waals surface area contributed by atoms with Gasteiger partial charge in [0.1, 0.15) is 0 Å². The van der Waals surface area contributed by atoms with Crippen molar-refractivity contribution in [2.75, 3.05) is 62.8 Å². The number of hydrogen-bond donors (Lipinski definition) is 1. The van der Waals surface area contributed by atoms with Gasteiger partial charge in [0.2, 0.25) is 16.0 Å². The summed E-state index contributed by atoms with van der Waals surface area (Å²) in [4.78, 5) is 14.3. The lowest BCUT2D eigenvalue weighted by Crippen LogP contribution is -2.42. The smallest absolute Gasteiger partial charge is 0.223 e. The topological polar surface area (TPSA) is 81.7 Å². The Balaban J connectivity index is 1.51. The summed E-state index contributed by atoms with van der Waals surface area (Å²) in [6.45, 7) is 5.44. The summed E-state index contributed by atoms with van der Waals surface area (Å²) >= 11 is 0. The molecule has 1 aromatic heterocycles. The number of anilines is 2. The van der Waals surface area contributed by atoms with Gasteiger partial charge in [-0.25, -0.2) is 22.7 Å². The number of para-hydroxylation sites is 1. The maximum absolute atomic E-state index is 11.7. The molecule has 0 atom stereocenters. The summed E-state index contributed by atoms with van der Waals surface area (Å²) in [5, 5.41) is 4.49. The minimum Gasteiger partial charge on any atom is -0.370 e. The molecule has 1 aromatic carbocycles. The van der Waals surface area contributed by atoms with E-state index in [1.54, 1.807) is 4.31 Å². The SMILES string of the molecule is CN1CCCCN(c2cccc3cnc(NC4CCN(S(C)(=O)=O)CC4)nc23)CCC1. The molecule has 0 bridgehead atoms. The molecular weight excluding hydrogens is 412 g/mol. The summed E-state index contributed by atoms with van der Waals surface area (Å²) in [6.07, 6.45) is 8.22. The van der Waals surface area contributed by atoms with Gasteiger partial charge in [0.15, 0.2) is 0 Å². The van der Waals surface area contributed by atoms with Gasteiger partial charge in [-0.05, 0) is 58.3 Å². The van der Waals surface area contributed by atoms with Gasteiger partial charge in [0, 0.05) is 43.8 Å². The van der Waals surface area contributed by atoms with Gasteiger partial charge in [-0.15, -0.1) is 0 Å². The second-order valence-electron chi connectivity index (χ2n) is 8.84. The maximum Gasteiger partial charge on any atom is 0.223 e. The molecule has 9 heteroatoms. The summed E-state index contributed by atoms with van der Waals surface area (Å²) in [5.74, 6) is 0.627. The molecule has 2 saturated heterocycles. The van der Waals surface area contributed by atoms with Crippen LogP contribution in [-0.2, 0) is 10.0 Å². The highest BCUT2D eigenvalue weighted by Crippen LogP contribution is 2.27. The van der Waals surface area contributed by atoms with Crippen LogP contribution in [0.3, 0.4) is 0 Å². The third kappa shape index (κ3) is 5.64. The first-order valence-corrected chi connectivity index (χ1v) is 13.2. The van der Waals surface area contributed by atoms with Gasteiger partial charge in [-0.2, -0.15) is 0 Å². The van der Waals surface area contributed by atoms with Gasteiger partial charge in [0.05, 0.1) is 17.5 Å². The Bertz CT molecular complexity index is 991. The summed E-state index contributed by atoms with van der Waals surface area (Å²) in [5.41, 5.74) is 2.17. The molecule has 0 aliphatic carbocycles. The Kier molecular flexibility index (Phi) is 6.93. The minimum atomic E-state index is -3.11. The number of rotatable bonds is 4. The number of nitrogens with one attached hydrogen (secondary N) is 1. The van der Waals surface area contributed by atoms with E-state index in [9.17, 15) is 8.42 Å². The number of nitrogens with zero attached hydrogens (tertiary/aromatic N) is 5. The zero-order valence-electron chi connectivity index (χ0n) is 18.6. The van der Waals surface area contributed by atoms with Crippen molar-refractivity contribution in [2.45, 2.75) is 38.1 Å². The molecule has 0 spiro atoms. The Morgan fingerprint density at radius 1 is 1.00 bits per heavy atom. The average molecular weight is 447 g/mol. The lowest BCUT2D eigenvalue weighted by Gasteiger charge is -2.30. The van der Waals surface area contributed by atoms with E-state index in [0.29, 0.717) is 19.0 Å². The third-order valence-electron chi connectivity index (χ3n) is 6.37. The van der Waals surface area contributed by atoms with E-state index in [4.69, 9.17) is 4.98 Å². The van der Waals surface area contributed by atoms with E-state index in [-0.39, 0.29) is 6.04 Å². The largest absolute Gasteiger partial charge is 0.370 e. The number of aromatic nitrogens is 2. The maximum atomic E-state index is 11.7. The van der Waals surface area contributed by atoms with Crippen molar-refractivity contribution in [1.29, 1.82) is 0 Å². The lowest BCUT2D eigenvalue weighted by molar-refractivity contribution is 0.331. The van der Waals surface area contributed by atoms with Gasteiger partial charge >= 0.3 is 0 Å². The highest BCUT2D eigenvalue weighted by Gasteiger charge is 2.25. The first kappa shape index (κ1) is 22.2. The number of fused-ring (bicyclic) bond motifs is 1. The van der Waals surface area contributed by atoms with E-state index in [0.717, 1.165) is 56.3 Å². The van der Waals surface area contributed by atoms with Crippen molar-refractivity contribution in [3.05, 3.63) is 24.4 Å². The first-order valence-electron chi connectivity index (χ1n) is 11.3. The van der Waals surface area contributed by atoms with Crippen molar-refractivity contribution in [3.8, 4) is 0 Å². The molecule has 2 aliphatic heterocycles. The van der Waals surface area contributed by atoms with Crippen molar-refractivity contribution in [2.24, 2.45) is 0 Å². The van der Waals surface area contributed by atoms with E-state index < -0.39 is 10.0 Å². The Morgan fingerprint density at radius 2 is 1.71 bits per heavy atom. The fraction of sp³-hybridized carbons (Fsp3) is 0.636. The first-order chi connectivity index (χ1) is 14.9. The van der Waals surface area contributed by atoms with E-state index >= 15 is 0 Å². The molecule has 3 heterocycles.